The molecule has 2 nitrogen and oxygen atoms in total. The van der Waals surface area contributed by atoms with Gasteiger partial charge in [0.05, 0.1) is 5.02 Å². The van der Waals surface area contributed by atoms with Crippen LogP contribution >= 0.6 is 34.2 Å². The number of rotatable bonds is 2. The van der Waals surface area contributed by atoms with Crippen LogP contribution in [0.3, 0.4) is 0 Å². The minimum absolute atomic E-state index is 0.174. The van der Waals surface area contributed by atoms with Crippen LogP contribution in [0.15, 0.2) is 17.0 Å². The Bertz CT molecular complexity index is 354. The van der Waals surface area contributed by atoms with Gasteiger partial charge >= 0.3 is 0 Å². The average Bonchev–Trinajstić information content (AvgIpc) is 2.09. The lowest BCUT2D eigenvalue weighted by atomic mass is 10.1. The molecule has 0 aromatic heterocycles. The van der Waals surface area contributed by atoms with Gasteiger partial charge in [-0.25, -0.2) is 0 Å². The Labute approximate surface area is 98.1 Å². The van der Waals surface area contributed by atoms with Crippen LogP contribution in [0.25, 0.3) is 0 Å². The molecule has 1 aromatic rings. The lowest BCUT2D eigenvalue weighted by molar-refractivity contribution is 0.537. The Morgan fingerprint density at radius 3 is 2.69 bits per heavy atom. The van der Waals surface area contributed by atoms with Gasteiger partial charge in [-0.3, -0.25) is 4.21 Å². The van der Waals surface area contributed by atoms with Gasteiger partial charge < -0.3 is 4.55 Å². The maximum Gasteiger partial charge on any atom is 0.0588 e. The number of benzene rings is 1. The molecule has 0 saturated carbocycles. The second kappa shape index (κ2) is 4.72. The fourth-order valence-electron chi connectivity index (χ4n) is 0.974. The maximum atomic E-state index is 10.7. The standard InChI is InChI=1S/C8H8ClIO2S/c1-5-6(4-10)2-3-7(8(5)9)13(11)12/h2-3H,4H2,1H3,(H,11,12)/p-1. The number of halogens is 2. The van der Waals surface area contributed by atoms with Gasteiger partial charge in [0.15, 0.2) is 0 Å². The summed E-state index contributed by atoms with van der Waals surface area (Å²) in [5, 5.41) is 0.336. The van der Waals surface area contributed by atoms with E-state index in [1.807, 2.05) is 6.92 Å². The first-order valence-electron chi connectivity index (χ1n) is 3.51. The van der Waals surface area contributed by atoms with Crippen LogP contribution in [0.1, 0.15) is 11.1 Å². The summed E-state index contributed by atoms with van der Waals surface area (Å²) >= 11 is 5.84. The van der Waals surface area contributed by atoms with E-state index in [1.165, 1.54) is 6.07 Å². The summed E-state index contributed by atoms with van der Waals surface area (Å²) in [6.07, 6.45) is 0. The molecule has 1 atom stereocenters. The third kappa shape index (κ3) is 2.43. The van der Waals surface area contributed by atoms with Gasteiger partial charge in [0.25, 0.3) is 0 Å². The molecular weight excluding hydrogens is 323 g/mol. The SMILES string of the molecule is Cc1c(CI)ccc(S(=O)[O-])c1Cl. The Balaban J connectivity index is 3.31. The van der Waals surface area contributed by atoms with Crippen molar-refractivity contribution >= 4 is 45.3 Å². The zero-order chi connectivity index (χ0) is 10.0. The van der Waals surface area contributed by atoms with Gasteiger partial charge in [-0.05, 0) is 35.2 Å². The first kappa shape index (κ1) is 11.4. The fourth-order valence-corrected chi connectivity index (χ4v) is 2.65. The van der Waals surface area contributed by atoms with Gasteiger partial charge in [-0.15, -0.1) is 0 Å². The first-order chi connectivity index (χ1) is 6.07. The van der Waals surface area contributed by atoms with Crippen molar-refractivity contribution in [3.63, 3.8) is 0 Å². The number of hydrogen-bond acceptors (Lipinski definition) is 2. The second-order valence-corrected chi connectivity index (χ2v) is 4.58. The number of alkyl halides is 1. The zero-order valence-corrected chi connectivity index (χ0v) is 10.6. The second-order valence-electron chi connectivity index (χ2n) is 2.53. The van der Waals surface area contributed by atoms with E-state index in [0.717, 1.165) is 15.6 Å². The number of hydrogen-bond donors (Lipinski definition) is 0. The molecule has 0 fully saturated rings. The van der Waals surface area contributed by atoms with E-state index in [0.29, 0.717) is 5.02 Å². The first-order valence-corrected chi connectivity index (χ1v) is 6.49. The third-order valence-corrected chi connectivity index (χ3v) is 3.91. The average molecular weight is 330 g/mol. The van der Waals surface area contributed by atoms with E-state index in [4.69, 9.17) is 11.6 Å². The monoisotopic (exact) mass is 329 g/mol. The Kier molecular flexibility index (Phi) is 4.15. The lowest BCUT2D eigenvalue weighted by Gasteiger charge is -2.11. The molecule has 1 unspecified atom stereocenters. The minimum Gasteiger partial charge on any atom is -0.768 e. The molecule has 0 spiro atoms. The molecular formula is C8H7ClIO2S-. The molecule has 13 heavy (non-hydrogen) atoms. The van der Waals surface area contributed by atoms with Gasteiger partial charge in [0.2, 0.25) is 0 Å². The summed E-state index contributed by atoms with van der Waals surface area (Å²) in [5.74, 6) is 0. The molecule has 1 rings (SSSR count). The highest BCUT2D eigenvalue weighted by Crippen LogP contribution is 2.27. The normalized spacial score (nSPS) is 12.9. The van der Waals surface area contributed by atoms with Crippen molar-refractivity contribution in [1.82, 2.24) is 0 Å². The summed E-state index contributed by atoms with van der Waals surface area (Å²) in [6, 6.07) is 3.32. The summed E-state index contributed by atoms with van der Waals surface area (Å²) in [6.45, 7) is 1.83. The highest BCUT2D eigenvalue weighted by atomic mass is 127. The van der Waals surface area contributed by atoms with E-state index in [1.54, 1.807) is 6.07 Å². The Morgan fingerprint density at radius 1 is 1.62 bits per heavy atom. The molecule has 0 N–H and O–H groups in total. The molecule has 0 amide bonds. The fraction of sp³-hybridized carbons (Fsp3) is 0.250. The molecule has 0 saturated heterocycles. The Hall–Kier alpha value is 0.350. The van der Waals surface area contributed by atoms with Crippen molar-refractivity contribution in [3.05, 3.63) is 28.3 Å². The van der Waals surface area contributed by atoms with E-state index < -0.39 is 11.1 Å². The van der Waals surface area contributed by atoms with Crippen molar-refractivity contribution in [2.24, 2.45) is 0 Å². The van der Waals surface area contributed by atoms with Crippen molar-refractivity contribution in [1.29, 1.82) is 0 Å². The predicted molar refractivity (Wildman–Crippen MR) is 61.1 cm³/mol. The highest BCUT2D eigenvalue weighted by Gasteiger charge is 2.07. The van der Waals surface area contributed by atoms with Crippen LogP contribution in [0.4, 0.5) is 0 Å². The van der Waals surface area contributed by atoms with Gasteiger partial charge in [0.1, 0.15) is 0 Å². The van der Waals surface area contributed by atoms with Gasteiger partial charge in [-0.1, -0.05) is 40.3 Å². The van der Waals surface area contributed by atoms with Crippen LogP contribution in [0, 0.1) is 6.92 Å². The minimum atomic E-state index is -2.25. The predicted octanol–water partition coefficient (Wildman–Crippen LogP) is 2.82. The molecule has 1 aromatic carbocycles. The summed E-state index contributed by atoms with van der Waals surface area (Å²) in [7, 11) is 0. The zero-order valence-electron chi connectivity index (χ0n) is 6.84. The molecule has 0 aliphatic heterocycles. The molecule has 0 aliphatic carbocycles. The van der Waals surface area contributed by atoms with Crippen molar-refractivity contribution < 1.29 is 8.76 Å². The summed E-state index contributed by atoms with van der Waals surface area (Å²) in [5.41, 5.74) is 1.91. The van der Waals surface area contributed by atoms with Gasteiger partial charge in [0, 0.05) is 9.32 Å². The lowest BCUT2D eigenvalue weighted by Crippen LogP contribution is -1.94. The van der Waals surface area contributed by atoms with Crippen molar-refractivity contribution in [2.45, 2.75) is 16.2 Å². The van der Waals surface area contributed by atoms with Crippen molar-refractivity contribution in [2.75, 3.05) is 0 Å². The van der Waals surface area contributed by atoms with E-state index >= 15 is 0 Å². The molecule has 0 bridgehead atoms. The molecule has 0 radical (unpaired) electrons. The topological polar surface area (TPSA) is 40.1 Å². The summed E-state index contributed by atoms with van der Waals surface area (Å²) < 4.78 is 22.2. The summed E-state index contributed by atoms with van der Waals surface area (Å²) in [4.78, 5) is 0.174. The van der Waals surface area contributed by atoms with E-state index in [2.05, 4.69) is 22.6 Å². The quantitative estimate of drug-likeness (QED) is 0.475. The third-order valence-electron chi connectivity index (χ3n) is 1.79. The molecule has 0 heterocycles. The molecule has 5 heteroatoms. The largest absolute Gasteiger partial charge is 0.768 e. The smallest absolute Gasteiger partial charge is 0.0588 e. The molecule has 72 valence electrons. The van der Waals surface area contributed by atoms with E-state index in [-0.39, 0.29) is 4.90 Å². The van der Waals surface area contributed by atoms with Crippen LogP contribution in [-0.2, 0) is 15.5 Å². The van der Waals surface area contributed by atoms with Crippen LogP contribution in [0.2, 0.25) is 5.02 Å². The molecule has 0 aliphatic rings. The van der Waals surface area contributed by atoms with Crippen LogP contribution < -0.4 is 0 Å². The highest BCUT2D eigenvalue weighted by molar-refractivity contribution is 14.1. The van der Waals surface area contributed by atoms with Crippen LogP contribution in [0.5, 0.6) is 0 Å². The maximum absolute atomic E-state index is 10.7. The van der Waals surface area contributed by atoms with Crippen molar-refractivity contribution in [3.8, 4) is 0 Å². The van der Waals surface area contributed by atoms with Gasteiger partial charge in [-0.2, -0.15) is 0 Å². The Morgan fingerprint density at radius 2 is 2.23 bits per heavy atom. The van der Waals surface area contributed by atoms with E-state index in [9.17, 15) is 8.76 Å². The van der Waals surface area contributed by atoms with Crippen LogP contribution in [-0.4, -0.2) is 8.76 Å².